The van der Waals surface area contributed by atoms with E-state index in [4.69, 9.17) is 9.47 Å². The van der Waals surface area contributed by atoms with E-state index in [2.05, 4.69) is 34.9 Å². The normalized spacial score (nSPS) is 11.8. The predicted octanol–water partition coefficient (Wildman–Crippen LogP) is 3.01. The van der Waals surface area contributed by atoms with Crippen molar-refractivity contribution >= 4 is 17.7 Å². The Balaban J connectivity index is 2.39. The Morgan fingerprint density at radius 3 is 2.16 bits per heavy atom. The highest BCUT2D eigenvalue weighted by Crippen LogP contribution is 2.39. The smallest absolute Gasteiger partial charge is 0.272 e. The van der Waals surface area contributed by atoms with E-state index in [1.165, 1.54) is 7.05 Å². The Labute approximate surface area is 219 Å². The maximum atomic E-state index is 13.3. The molecule has 0 aliphatic carbocycles. The van der Waals surface area contributed by atoms with Crippen molar-refractivity contribution in [1.29, 1.82) is 0 Å². The summed E-state index contributed by atoms with van der Waals surface area (Å²) in [5, 5.41) is 12.7. The SMILES string of the molecule is CCC(CC)Cn1nc(C(=O)NC(CC(=O)NCC(=O)NC)C(C)C)cc1-c1c(OC)cccc1OC. The quantitative estimate of drug-likeness (QED) is 0.355. The lowest BCUT2D eigenvalue weighted by molar-refractivity contribution is -0.126. The molecule has 2 aromatic rings. The van der Waals surface area contributed by atoms with E-state index in [0.717, 1.165) is 24.1 Å². The number of benzene rings is 1. The van der Waals surface area contributed by atoms with Crippen LogP contribution >= 0.6 is 0 Å². The van der Waals surface area contributed by atoms with Crippen molar-refractivity contribution in [1.82, 2.24) is 25.7 Å². The van der Waals surface area contributed by atoms with Gasteiger partial charge in [-0.15, -0.1) is 0 Å². The molecule has 1 aromatic carbocycles. The number of aromatic nitrogens is 2. The predicted molar refractivity (Wildman–Crippen MR) is 143 cm³/mol. The highest BCUT2D eigenvalue weighted by atomic mass is 16.5. The fourth-order valence-corrected chi connectivity index (χ4v) is 4.00. The second-order valence-electron chi connectivity index (χ2n) is 9.29. The van der Waals surface area contributed by atoms with Crippen molar-refractivity contribution in [2.75, 3.05) is 27.8 Å². The third kappa shape index (κ3) is 7.96. The molecular formula is C27H41N5O5. The van der Waals surface area contributed by atoms with Gasteiger partial charge in [0.1, 0.15) is 11.5 Å². The average Bonchev–Trinajstić information content (AvgIpc) is 3.32. The average molecular weight is 516 g/mol. The largest absolute Gasteiger partial charge is 0.496 e. The van der Waals surface area contributed by atoms with Crippen LogP contribution in [0.15, 0.2) is 24.3 Å². The summed E-state index contributed by atoms with van der Waals surface area (Å²) < 4.78 is 13.1. The van der Waals surface area contributed by atoms with E-state index in [-0.39, 0.29) is 42.3 Å². The summed E-state index contributed by atoms with van der Waals surface area (Å²) >= 11 is 0. The van der Waals surface area contributed by atoms with Gasteiger partial charge in [-0.1, -0.05) is 46.6 Å². The highest BCUT2D eigenvalue weighted by Gasteiger charge is 2.25. The van der Waals surface area contributed by atoms with E-state index in [1.807, 2.05) is 36.7 Å². The van der Waals surface area contributed by atoms with Gasteiger partial charge in [-0.25, -0.2) is 0 Å². The minimum atomic E-state index is -0.439. The Hall–Kier alpha value is -3.56. The number of hydrogen-bond donors (Lipinski definition) is 3. The summed E-state index contributed by atoms with van der Waals surface area (Å²) in [5.41, 5.74) is 1.68. The third-order valence-corrected chi connectivity index (χ3v) is 6.53. The number of amides is 3. The van der Waals surface area contributed by atoms with Gasteiger partial charge < -0.3 is 25.4 Å². The summed E-state index contributed by atoms with van der Waals surface area (Å²) in [7, 11) is 4.69. The molecule has 204 valence electrons. The van der Waals surface area contributed by atoms with Crippen molar-refractivity contribution < 1.29 is 23.9 Å². The first-order valence-electron chi connectivity index (χ1n) is 12.8. The number of methoxy groups -OCH3 is 2. The zero-order valence-corrected chi connectivity index (χ0v) is 23.0. The zero-order valence-electron chi connectivity index (χ0n) is 23.0. The number of nitrogens with one attached hydrogen (secondary N) is 3. The number of likely N-dealkylation sites (N-methyl/N-ethyl adjacent to an activating group) is 1. The minimum absolute atomic E-state index is 0.0184. The van der Waals surface area contributed by atoms with Crippen LogP contribution in [0.3, 0.4) is 0 Å². The third-order valence-electron chi connectivity index (χ3n) is 6.53. The molecule has 10 heteroatoms. The van der Waals surface area contributed by atoms with Gasteiger partial charge in [-0.05, 0) is 30.0 Å². The zero-order chi connectivity index (χ0) is 27.5. The number of ether oxygens (including phenoxy) is 2. The second kappa shape index (κ2) is 14.2. The second-order valence-corrected chi connectivity index (χ2v) is 9.29. The van der Waals surface area contributed by atoms with Crippen molar-refractivity contribution in [3.8, 4) is 22.8 Å². The van der Waals surface area contributed by atoms with E-state index < -0.39 is 6.04 Å². The summed E-state index contributed by atoms with van der Waals surface area (Å²) in [5.74, 6) is 0.603. The van der Waals surface area contributed by atoms with Crippen molar-refractivity contribution in [2.24, 2.45) is 11.8 Å². The lowest BCUT2D eigenvalue weighted by Crippen LogP contribution is -2.44. The maximum absolute atomic E-state index is 13.3. The van der Waals surface area contributed by atoms with Gasteiger partial charge in [-0.3, -0.25) is 19.1 Å². The fourth-order valence-electron chi connectivity index (χ4n) is 4.00. The topological polar surface area (TPSA) is 124 Å². The van der Waals surface area contributed by atoms with E-state index in [0.29, 0.717) is 24.0 Å². The van der Waals surface area contributed by atoms with E-state index in [9.17, 15) is 14.4 Å². The Kier molecular flexibility index (Phi) is 11.4. The lowest BCUT2D eigenvalue weighted by Gasteiger charge is -2.21. The van der Waals surface area contributed by atoms with Gasteiger partial charge >= 0.3 is 0 Å². The Morgan fingerprint density at radius 1 is 1.03 bits per heavy atom. The van der Waals surface area contributed by atoms with Crippen LogP contribution in [-0.2, 0) is 16.1 Å². The molecule has 0 saturated heterocycles. The molecule has 1 atom stereocenters. The Morgan fingerprint density at radius 2 is 1.65 bits per heavy atom. The Bertz CT molecular complexity index is 1040. The van der Waals surface area contributed by atoms with Crippen LogP contribution in [0.5, 0.6) is 11.5 Å². The number of nitrogens with zero attached hydrogens (tertiary/aromatic N) is 2. The number of carbonyl (C=O) groups is 3. The van der Waals surface area contributed by atoms with Crippen LogP contribution < -0.4 is 25.4 Å². The summed E-state index contributed by atoms with van der Waals surface area (Å²) in [6, 6.07) is 6.84. The molecule has 10 nitrogen and oxygen atoms in total. The number of hydrogen-bond acceptors (Lipinski definition) is 6. The molecule has 3 N–H and O–H groups in total. The standard InChI is InChI=1S/C27H41N5O5/c1-8-18(9-2)16-32-21(26-22(36-6)11-10-12-23(26)37-7)13-20(31-32)27(35)30-19(17(3)4)14-24(33)29-15-25(34)28-5/h10-13,17-19H,8-9,14-16H2,1-7H3,(H,28,34)(H,29,33)(H,30,35). The molecule has 0 aliphatic heterocycles. The van der Waals surface area contributed by atoms with Crippen LogP contribution in [0.2, 0.25) is 0 Å². The fraction of sp³-hybridized carbons (Fsp3) is 0.556. The molecule has 0 bridgehead atoms. The van der Waals surface area contributed by atoms with E-state index in [1.54, 1.807) is 20.3 Å². The summed E-state index contributed by atoms with van der Waals surface area (Å²) in [6.07, 6.45) is 1.99. The molecule has 0 fully saturated rings. The molecule has 1 heterocycles. The van der Waals surface area contributed by atoms with Gasteiger partial charge in [0.2, 0.25) is 11.8 Å². The molecule has 0 spiro atoms. The number of carbonyl (C=O) groups excluding carboxylic acids is 3. The molecule has 37 heavy (non-hydrogen) atoms. The van der Waals surface area contributed by atoms with Crippen molar-refractivity contribution in [3.05, 3.63) is 30.0 Å². The first kappa shape index (κ1) is 29.7. The van der Waals surface area contributed by atoms with Crippen LogP contribution in [0, 0.1) is 11.8 Å². The molecule has 0 radical (unpaired) electrons. The summed E-state index contributed by atoms with van der Waals surface area (Å²) in [6.45, 7) is 8.64. The van der Waals surface area contributed by atoms with Crippen LogP contribution in [-0.4, -0.2) is 61.4 Å². The molecule has 1 aromatic heterocycles. The lowest BCUT2D eigenvalue weighted by atomic mass is 10.00. The first-order valence-corrected chi connectivity index (χ1v) is 12.8. The highest BCUT2D eigenvalue weighted by molar-refractivity contribution is 5.94. The first-order chi connectivity index (χ1) is 17.7. The molecular weight excluding hydrogens is 474 g/mol. The summed E-state index contributed by atoms with van der Waals surface area (Å²) in [4.78, 5) is 37.2. The van der Waals surface area contributed by atoms with Gasteiger partial charge in [0.15, 0.2) is 5.69 Å². The molecule has 3 amide bonds. The number of rotatable bonds is 14. The minimum Gasteiger partial charge on any atom is -0.496 e. The monoisotopic (exact) mass is 515 g/mol. The molecule has 0 aliphatic rings. The maximum Gasteiger partial charge on any atom is 0.272 e. The van der Waals surface area contributed by atoms with Crippen molar-refractivity contribution in [2.45, 2.75) is 59.5 Å². The molecule has 1 unspecified atom stereocenters. The van der Waals surface area contributed by atoms with Gasteiger partial charge in [0.05, 0.1) is 32.0 Å². The van der Waals surface area contributed by atoms with Gasteiger partial charge in [0, 0.05) is 26.1 Å². The van der Waals surface area contributed by atoms with Crippen molar-refractivity contribution in [3.63, 3.8) is 0 Å². The molecule has 2 rings (SSSR count). The van der Waals surface area contributed by atoms with Gasteiger partial charge in [0.25, 0.3) is 5.91 Å². The van der Waals surface area contributed by atoms with Crippen LogP contribution in [0.25, 0.3) is 11.3 Å². The van der Waals surface area contributed by atoms with Crippen LogP contribution in [0.1, 0.15) is 57.4 Å². The van der Waals surface area contributed by atoms with Crippen LogP contribution in [0.4, 0.5) is 0 Å². The van der Waals surface area contributed by atoms with E-state index >= 15 is 0 Å². The van der Waals surface area contributed by atoms with Gasteiger partial charge in [-0.2, -0.15) is 5.10 Å². The molecule has 0 saturated carbocycles.